The van der Waals surface area contributed by atoms with Crippen LogP contribution < -0.4 is 15.0 Å². The molecule has 2 aromatic rings. The minimum Gasteiger partial charge on any atom is -0.497 e. The molecule has 3 rings (SSSR count). The molecule has 0 saturated heterocycles. The lowest BCUT2D eigenvalue weighted by atomic mass is 10.2. The second-order valence-electron chi connectivity index (χ2n) is 5.83. The number of aromatic nitrogens is 1. The van der Waals surface area contributed by atoms with Crippen LogP contribution >= 0.6 is 0 Å². The molecule has 0 saturated carbocycles. The normalized spacial score (nSPS) is 17.9. The van der Waals surface area contributed by atoms with Gasteiger partial charge < -0.3 is 14.5 Å². The maximum Gasteiger partial charge on any atom is 0.248 e. The van der Waals surface area contributed by atoms with E-state index in [2.05, 4.69) is 28.9 Å². The lowest BCUT2D eigenvalue weighted by molar-refractivity contribution is 0.139. The highest BCUT2D eigenvalue weighted by molar-refractivity contribution is 5.29. The van der Waals surface area contributed by atoms with Crippen LogP contribution in [0.25, 0.3) is 0 Å². The van der Waals surface area contributed by atoms with Crippen LogP contribution in [0.15, 0.2) is 41.2 Å². The minimum absolute atomic E-state index is 0.0910. The van der Waals surface area contributed by atoms with E-state index in [9.17, 15) is 4.79 Å². The van der Waals surface area contributed by atoms with E-state index in [0.717, 1.165) is 36.7 Å². The van der Waals surface area contributed by atoms with Crippen LogP contribution in [0, 0.1) is 0 Å². The van der Waals surface area contributed by atoms with Crippen LogP contribution in [0.5, 0.6) is 11.5 Å². The number of fused-ring (bicyclic) bond motifs is 1. The summed E-state index contributed by atoms with van der Waals surface area (Å²) in [5.41, 5.74) is 1.97. The fourth-order valence-electron chi connectivity index (χ4n) is 2.85. The summed E-state index contributed by atoms with van der Waals surface area (Å²) in [6.45, 7) is 4.43. The Kier molecular flexibility index (Phi) is 4.67. The summed E-state index contributed by atoms with van der Waals surface area (Å²) in [5.74, 6) is 1.64. The Morgan fingerprint density at radius 1 is 1.26 bits per heavy atom. The number of hydrogen-bond acceptors (Lipinski definition) is 4. The molecule has 1 aliphatic rings. The third kappa shape index (κ3) is 3.74. The first-order valence-corrected chi connectivity index (χ1v) is 7.92. The van der Waals surface area contributed by atoms with E-state index in [1.807, 2.05) is 12.1 Å². The lowest BCUT2D eigenvalue weighted by Gasteiger charge is -2.23. The Morgan fingerprint density at radius 3 is 2.74 bits per heavy atom. The largest absolute Gasteiger partial charge is 0.497 e. The molecule has 0 unspecified atom stereocenters. The summed E-state index contributed by atoms with van der Waals surface area (Å²) >= 11 is 0. The van der Waals surface area contributed by atoms with Gasteiger partial charge in [-0.15, -0.1) is 0 Å². The number of rotatable bonds is 4. The Morgan fingerprint density at radius 2 is 2.04 bits per heavy atom. The summed E-state index contributed by atoms with van der Waals surface area (Å²) < 4.78 is 11.2. The quantitative estimate of drug-likeness (QED) is 0.942. The molecule has 122 valence electrons. The van der Waals surface area contributed by atoms with Gasteiger partial charge in [0.25, 0.3) is 0 Å². The third-order valence-corrected chi connectivity index (χ3v) is 4.12. The Balaban J connectivity index is 1.81. The van der Waals surface area contributed by atoms with Gasteiger partial charge in [0.1, 0.15) is 17.6 Å². The maximum absolute atomic E-state index is 11.6. The highest BCUT2D eigenvalue weighted by Gasteiger charge is 2.22. The fourth-order valence-corrected chi connectivity index (χ4v) is 2.85. The van der Waals surface area contributed by atoms with Gasteiger partial charge in [0.15, 0.2) is 0 Å². The summed E-state index contributed by atoms with van der Waals surface area (Å²) in [6.07, 6.45) is 1.05. The Hall–Kier alpha value is -2.27. The topological polar surface area (TPSA) is 54.6 Å². The van der Waals surface area contributed by atoms with Gasteiger partial charge in [0.05, 0.1) is 12.8 Å². The first-order valence-electron chi connectivity index (χ1n) is 7.92. The molecule has 1 N–H and O–H groups in total. The molecule has 1 aromatic carbocycles. The van der Waals surface area contributed by atoms with Crippen molar-refractivity contribution in [3.8, 4) is 11.5 Å². The minimum atomic E-state index is -0.0910. The van der Waals surface area contributed by atoms with Crippen molar-refractivity contribution in [3.05, 3.63) is 58.0 Å². The van der Waals surface area contributed by atoms with Crippen LogP contribution in [0.2, 0.25) is 0 Å². The molecule has 23 heavy (non-hydrogen) atoms. The average Bonchev–Trinajstić information content (AvgIpc) is 2.73. The third-order valence-electron chi connectivity index (χ3n) is 4.12. The standard InChI is InChI=1S/C18H22N2O3/c1-3-14-11-20(10-13-4-6-15(22-2)7-5-13)12-16-17(23-14)8-9-18(21)19-16/h4-9,14H,3,10-12H2,1-2H3,(H,19,21)/t14-/m1/s1. The summed E-state index contributed by atoms with van der Waals surface area (Å²) in [7, 11) is 1.67. The number of nitrogens with zero attached hydrogens (tertiary/aromatic N) is 1. The maximum atomic E-state index is 11.6. The molecule has 0 aliphatic carbocycles. The molecule has 0 bridgehead atoms. The number of hydrogen-bond donors (Lipinski definition) is 1. The number of aromatic amines is 1. The number of pyridine rings is 1. The lowest BCUT2D eigenvalue weighted by Crippen LogP contribution is -2.32. The average molecular weight is 314 g/mol. The van der Waals surface area contributed by atoms with Gasteiger partial charge in [-0.2, -0.15) is 0 Å². The molecule has 0 fully saturated rings. The molecule has 1 aromatic heterocycles. The second-order valence-corrected chi connectivity index (χ2v) is 5.83. The van der Waals surface area contributed by atoms with E-state index in [1.165, 1.54) is 11.6 Å². The van der Waals surface area contributed by atoms with Gasteiger partial charge in [0.2, 0.25) is 5.56 Å². The molecule has 0 amide bonds. The Labute approximate surface area is 135 Å². The molecule has 1 aliphatic heterocycles. The Bertz CT molecular complexity index is 709. The predicted molar refractivity (Wildman–Crippen MR) is 88.9 cm³/mol. The zero-order chi connectivity index (χ0) is 16.2. The molecular formula is C18H22N2O3. The van der Waals surface area contributed by atoms with E-state index in [4.69, 9.17) is 9.47 Å². The van der Waals surface area contributed by atoms with Gasteiger partial charge in [-0.25, -0.2) is 0 Å². The first kappa shape index (κ1) is 15.6. The molecule has 0 spiro atoms. The molecular weight excluding hydrogens is 292 g/mol. The summed E-state index contributed by atoms with van der Waals surface area (Å²) in [5, 5.41) is 0. The van der Waals surface area contributed by atoms with Gasteiger partial charge in [-0.1, -0.05) is 19.1 Å². The van der Waals surface area contributed by atoms with Gasteiger partial charge in [-0.05, 0) is 30.2 Å². The van der Waals surface area contributed by atoms with Crippen LogP contribution in [-0.2, 0) is 13.1 Å². The van der Waals surface area contributed by atoms with E-state index >= 15 is 0 Å². The predicted octanol–water partition coefficient (Wildman–Crippen LogP) is 2.56. The van der Waals surface area contributed by atoms with Crippen LogP contribution in [0.4, 0.5) is 0 Å². The van der Waals surface area contributed by atoms with Crippen LogP contribution in [0.3, 0.4) is 0 Å². The number of ether oxygens (including phenoxy) is 2. The van der Waals surface area contributed by atoms with Crippen molar-refractivity contribution in [3.63, 3.8) is 0 Å². The molecule has 0 radical (unpaired) electrons. The smallest absolute Gasteiger partial charge is 0.248 e. The van der Waals surface area contributed by atoms with E-state index < -0.39 is 0 Å². The van der Waals surface area contributed by atoms with Crippen LogP contribution in [-0.4, -0.2) is 29.6 Å². The zero-order valence-electron chi connectivity index (χ0n) is 13.5. The van der Waals surface area contributed by atoms with Gasteiger partial charge >= 0.3 is 0 Å². The zero-order valence-corrected chi connectivity index (χ0v) is 13.5. The van der Waals surface area contributed by atoms with Gasteiger partial charge in [-0.3, -0.25) is 9.69 Å². The number of H-pyrrole nitrogens is 1. The first-order chi connectivity index (χ1) is 11.2. The van der Waals surface area contributed by atoms with Crippen molar-refractivity contribution in [1.82, 2.24) is 9.88 Å². The van der Waals surface area contributed by atoms with Crippen molar-refractivity contribution >= 4 is 0 Å². The molecule has 5 heteroatoms. The number of methoxy groups -OCH3 is 1. The van der Waals surface area contributed by atoms with Crippen molar-refractivity contribution in [2.45, 2.75) is 32.5 Å². The SMILES string of the molecule is CC[C@@H]1CN(Cc2ccc(OC)cc2)Cc2[nH]c(=O)ccc2O1. The number of benzene rings is 1. The number of nitrogens with one attached hydrogen (secondary N) is 1. The van der Waals surface area contributed by atoms with Crippen molar-refractivity contribution < 1.29 is 9.47 Å². The summed E-state index contributed by atoms with van der Waals surface area (Å²) in [6, 6.07) is 11.4. The highest BCUT2D eigenvalue weighted by Crippen LogP contribution is 2.24. The van der Waals surface area contributed by atoms with Gasteiger partial charge in [0, 0.05) is 25.7 Å². The van der Waals surface area contributed by atoms with Crippen molar-refractivity contribution in [2.75, 3.05) is 13.7 Å². The van der Waals surface area contributed by atoms with E-state index in [-0.39, 0.29) is 11.7 Å². The monoisotopic (exact) mass is 314 g/mol. The van der Waals surface area contributed by atoms with Crippen molar-refractivity contribution in [1.29, 1.82) is 0 Å². The molecule has 2 heterocycles. The molecule has 1 atom stereocenters. The fraction of sp³-hybridized carbons (Fsp3) is 0.389. The second kappa shape index (κ2) is 6.87. The van der Waals surface area contributed by atoms with E-state index in [1.54, 1.807) is 13.2 Å². The molecule has 5 nitrogen and oxygen atoms in total. The summed E-state index contributed by atoms with van der Waals surface area (Å²) in [4.78, 5) is 16.8. The van der Waals surface area contributed by atoms with E-state index in [0.29, 0.717) is 6.54 Å². The highest BCUT2D eigenvalue weighted by atomic mass is 16.5. The van der Waals surface area contributed by atoms with Crippen LogP contribution in [0.1, 0.15) is 24.6 Å². The van der Waals surface area contributed by atoms with Crippen molar-refractivity contribution in [2.24, 2.45) is 0 Å².